The summed E-state index contributed by atoms with van der Waals surface area (Å²) in [5, 5.41) is 9.52. The predicted octanol–water partition coefficient (Wildman–Crippen LogP) is 2.31. The summed E-state index contributed by atoms with van der Waals surface area (Å²) in [5.74, 6) is 0.802. The number of amides is 1. The molecule has 0 spiro atoms. The Kier molecular flexibility index (Phi) is 3.13. The summed E-state index contributed by atoms with van der Waals surface area (Å²) in [5.41, 5.74) is 0.190. The lowest BCUT2D eigenvalue weighted by atomic mass is 9.99. The maximum Gasteiger partial charge on any atom is 0.243 e. The van der Waals surface area contributed by atoms with Crippen LogP contribution in [0.1, 0.15) is 30.7 Å². The third-order valence-corrected chi connectivity index (χ3v) is 4.43. The lowest BCUT2D eigenvalue weighted by molar-refractivity contribution is -0.134. The molecular formula is C16H18N2O2. The smallest absolute Gasteiger partial charge is 0.243 e. The summed E-state index contributed by atoms with van der Waals surface area (Å²) in [6.07, 6.45) is 2.74. The number of likely N-dealkylation sites (tertiary alicyclic amines) is 1. The molecule has 104 valence electrons. The van der Waals surface area contributed by atoms with Crippen molar-refractivity contribution in [3.05, 3.63) is 29.8 Å². The van der Waals surface area contributed by atoms with E-state index in [0.717, 1.165) is 37.2 Å². The zero-order chi connectivity index (χ0) is 14.2. The number of carbonyl (C=O) groups excluding carboxylic acids is 1. The number of nitriles is 1. The van der Waals surface area contributed by atoms with Crippen LogP contribution >= 0.6 is 0 Å². The second-order valence-electron chi connectivity index (χ2n) is 5.62. The molecule has 1 aromatic carbocycles. The average molecular weight is 270 g/mol. The molecule has 1 amide bonds. The number of hydrogen-bond acceptors (Lipinski definition) is 3. The Labute approximate surface area is 118 Å². The standard InChI is InChI=1S/C16H18N2O2/c1-20-13-6-4-5-12(9-13)14-10-16(14,11-17)15(19)18-7-2-3-8-18/h4-6,9,14H,2-3,7-8,10H2,1H3/t14-,16-/m1/s1. The van der Waals surface area contributed by atoms with Crippen LogP contribution in [0.25, 0.3) is 0 Å². The number of carbonyl (C=O) groups is 1. The first-order valence-electron chi connectivity index (χ1n) is 7.06. The third-order valence-electron chi connectivity index (χ3n) is 4.43. The summed E-state index contributed by atoms with van der Waals surface area (Å²) in [6, 6.07) is 9.98. The second-order valence-corrected chi connectivity index (χ2v) is 5.62. The average Bonchev–Trinajstić information content (AvgIpc) is 3.00. The van der Waals surface area contributed by atoms with Crippen LogP contribution in [0.4, 0.5) is 0 Å². The van der Waals surface area contributed by atoms with Crippen LogP contribution < -0.4 is 4.74 Å². The fourth-order valence-electron chi connectivity index (χ4n) is 3.13. The molecule has 1 saturated heterocycles. The van der Waals surface area contributed by atoms with Crippen LogP contribution in [0.5, 0.6) is 5.75 Å². The van der Waals surface area contributed by atoms with E-state index in [2.05, 4.69) is 6.07 Å². The van der Waals surface area contributed by atoms with Gasteiger partial charge in [0.25, 0.3) is 0 Å². The van der Waals surface area contributed by atoms with Gasteiger partial charge in [-0.15, -0.1) is 0 Å². The molecule has 20 heavy (non-hydrogen) atoms. The molecular weight excluding hydrogens is 252 g/mol. The molecule has 2 fully saturated rings. The highest BCUT2D eigenvalue weighted by Gasteiger charge is 2.62. The predicted molar refractivity (Wildman–Crippen MR) is 74.2 cm³/mol. The van der Waals surface area contributed by atoms with Gasteiger partial charge in [0.15, 0.2) is 0 Å². The van der Waals surface area contributed by atoms with E-state index in [4.69, 9.17) is 4.74 Å². The van der Waals surface area contributed by atoms with Crippen LogP contribution in [0.2, 0.25) is 0 Å². The molecule has 4 nitrogen and oxygen atoms in total. The number of methoxy groups -OCH3 is 1. The Hall–Kier alpha value is -2.02. The number of nitrogens with zero attached hydrogens (tertiary/aromatic N) is 2. The Balaban J connectivity index is 1.83. The van der Waals surface area contributed by atoms with Crippen LogP contribution in [-0.4, -0.2) is 31.0 Å². The third kappa shape index (κ3) is 1.94. The second kappa shape index (κ2) is 4.82. The fourth-order valence-corrected chi connectivity index (χ4v) is 3.13. The Morgan fingerprint density at radius 1 is 1.45 bits per heavy atom. The van der Waals surface area contributed by atoms with Crippen LogP contribution in [0.3, 0.4) is 0 Å². The van der Waals surface area contributed by atoms with E-state index >= 15 is 0 Å². The molecule has 1 aliphatic carbocycles. The van der Waals surface area contributed by atoms with Crippen molar-refractivity contribution in [3.63, 3.8) is 0 Å². The van der Waals surface area contributed by atoms with Gasteiger partial charge in [0.1, 0.15) is 11.2 Å². The van der Waals surface area contributed by atoms with Crippen LogP contribution in [0.15, 0.2) is 24.3 Å². The molecule has 1 heterocycles. The summed E-state index contributed by atoms with van der Waals surface area (Å²) in [6.45, 7) is 1.60. The van der Waals surface area contributed by atoms with Crippen molar-refractivity contribution in [1.29, 1.82) is 5.26 Å². The number of hydrogen-bond donors (Lipinski definition) is 0. The monoisotopic (exact) mass is 270 g/mol. The van der Waals surface area contributed by atoms with Gasteiger partial charge in [-0.1, -0.05) is 12.1 Å². The van der Waals surface area contributed by atoms with E-state index in [0.29, 0.717) is 6.42 Å². The van der Waals surface area contributed by atoms with Gasteiger partial charge in [-0.3, -0.25) is 4.79 Å². The highest BCUT2D eigenvalue weighted by atomic mass is 16.5. The lowest BCUT2D eigenvalue weighted by Crippen LogP contribution is -2.35. The molecule has 0 bridgehead atoms. The normalized spacial score (nSPS) is 28.0. The molecule has 0 N–H and O–H groups in total. The molecule has 1 saturated carbocycles. The zero-order valence-corrected chi connectivity index (χ0v) is 11.6. The van der Waals surface area contributed by atoms with E-state index in [1.807, 2.05) is 29.2 Å². The molecule has 2 aliphatic rings. The van der Waals surface area contributed by atoms with Crippen molar-refractivity contribution in [2.45, 2.75) is 25.2 Å². The van der Waals surface area contributed by atoms with Crippen molar-refractivity contribution >= 4 is 5.91 Å². The fraction of sp³-hybridized carbons (Fsp3) is 0.500. The minimum absolute atomic E-state index is 0.00991. The summed E-state index contributed by atoms with van der Waals surface area (Å²) in [4.78, 5) is 14.4. The van der Waals surface area contributed by atoms with Crippen LogP contribution in [0, 0.1) is 16.7 Å². The maximum atomic E-state index is 12.6. The summed E-state index contributed by atoms with van der Waals surface area (Å²) in [7, 11) is 1.62. The maximum absolute atomic E-state index is 12.6. The Bertz CT molecular complexity index is 572. The first-order valence-corrected chi connectivity index (χ1v) is 7.06. The first-order chi connectivity index (χ1) is 9.71. The van der Waals surface area contributed by atoms with E-state index in [1.54, 1.807) is 7.11 Å². The highest BCUT2D eigenvalue weighted by molar-refractivity contribution is 5.90. The number of benzene rings is 1. The first kappa shape index (κ1) is 13.0. The Morgan fingerprint density at radius 2 is 2.20 bits per heavy atom. The molecule has 3 rings (SSSR count). The van der Waals surface area contributed by atoms with E-state index < -0.39 is 5.41 Å². The SMILES string of the molecule is COc1cccc([C@H]2C[C@]2(C#N)C(=O)N2CCCC2)c1. The van der Waals surface area contributed by atoms with E-state index in [9.17, 15) is 10.1 Å². The molecule has 0 radical (unpaired) electrons. The van der Waals surface area contributed by atoms with Gasteiger partial charge >= 0.3 is 0 Å². The van der Waals surface area contributed by atoms with Crippen molar-refractivity contribution in [2.24, 2.45) is 5.41 Å². The number of rotatable bonds is 3. The van der Waals surface area contributed by atoms with Crippen molar-refractivity contribution in [1.82, 2.24) is 4.90 Å². The summed E-state index contributed by atoms with van der Waals surface area (Å²) < 4.78 is 5.22. The lowest BCUT2D eigenvalue weighted by Gasteiger charge is -2.19. The molecule has 4 heteroatoms. The Morgan fingerprint density at radius 3 is 2.85 bits per heavy atom. The molecule has 1 aliphatic heterocycles. The van der Waals surface area contributed by atoms with Gasteiger partial charge in [-0.05, 0) is 37.0 Å². The van der Waals surface area contributed by atoms with Gasteiger partial charge in [-0.25, -0.2) is 0 Å². The van der Waals surface area contributed by atoms with E-state index in [-0.39, 0.29) is 11.8 Å². The van der Waals surface area contributed by atoms with Crippen LogP contribution in [-0.2, 0) is 4.79 Å². The minimum Gasteiger partial charge on any atom is -0.497 e. The van der Waals surface area contributed by atoms with Crippen molar-refractivity contribution in [3.8, 4) is 11.8 Å². The zero-order valence-electron chi connectivity index (χ0n) is 11.6. The van der Waals surface area contributed by atoms with Crippen molar-refractivity contribution in [2.75, 3.05) is 20.2 Å². The molecule has 0 unspecified atom stereocenters. The topological polar surface area (TPSA) is 53.3 Å². The van der Waals surface area contributed by atoms with Gasteiger partial charge in [0.2, 0.25) is 5.91 Å². The van der Waals surface area contributed by atoms with E-state index in [1.165, 1.54) is 0 Å². The largest absolute Gasteiger partial charge is 0.497 e. The summed E-state index contributed by atoms with van der Waals surface area (Å²) >= 11 is 0. The minimum atomic E-state index is -0.837. The molecule has 0 aromatic heterocycles. The number of ether oxygens (including phenoxy) is 1. The van der Waals surface area contributed by atoms with Gasteiger partial charge in [0.05, 0.1) is 13.2 Å². The highest BCUT2D eigenvalue weighted by Crippen LogP contribution is 2.60. The van der Waals surface area contributed by atoms with Crippen molar-refractivity contribution < 1.29 is 9.53 Å². The molecule has 2 atom stereocenters. The molecule has 1 aromatic rings. The van der Waals surface area contributed by atoms with Gasteiger partial charge < -0.3 is 9.64 Å². The van der Waals surface area contributed by atoms with Gasteiger partial charge in [-0.2, -0.15) is 5.26 Å². The quantitative estimate of drug-likeness (QED) is 0.847. The van der Waals surface area contributed by atoms with Gasteiger partial charge in [0, 0.05) is 19.0 Å².